The fourth-order valence-electron chi connectivity index (χ4n) is 2.25. The average molecular weight is 246 g/mol. The number of nitrogens with one attached hydrogen (secondary N) is 2. The number of rotatable bonds is 2. The largest absolute Gasteiger partial charge is 0.380 e. The molecule has 1 saturated heterocycles. The predicted octanol–water partition coefficient (Wildman–Crippen LogP) is 0.367. The molecule has 1 aliphatic rings. The molecule has 6 nitrogen and oxygen atoms in total. The number of ether oxygens (including phenoxy) is 1. The van der Waals surface area contributed by atoms with Crippen LogP contribution < -0.4 is 10.9 Å². The van der Waals surface area contributed by atoms with Gasteiger partial charge in [0.25, 0.3) is 5.56 Å². The third-order valence-electron chi connectivity index (χ3n) is 3.25. The number of methoxy groups -OCH3 is 1. The van der Waals surface area contributed by atoms with E-state index in [9.17, 15) is 4.79 Å². The zero-order valence-electron chi connectivity index (χ0n) is 10.0. The van der Waals surface area contributed by atoms with Crippen LogP contribution in [0.2, 0.25) is 0 Å². The van der Waals surface area contributed by atoms with Crippen LogP contribution in [0.5, 0.6) is 0 Å². The van der Waals surface area contributed by atoms with Crippen LogP contribution in [0.25, 0.3) is 11.0 Å². The Morgan fingerprint density at radius 2 is 2.39 bits per heavy atom. The molecule has 18 heavy (non-hydrogen) atoms. The van der Waals surface area contributed by atoms with E-state index in [0.717, 1.165) is 13.0 Å². The quantitative estimate of drug-likeness (QED) is 0.800. The van der Waals surface area contributed by atoms with Crippen molar-refractivity contribution in [1.82, 2.24) is 20.3 Å². The van der Waals surface area contributed by atoms with Crippen molar-refractivity contribution in [3.63, 3.8) is 0 Å². The molecule has 2 N–H and O–H groups in total. The SMILES string of the molecule is CO[C@H]1CN[C@H](c2nc3ncccc3c(=O)[nH]2)C1. The summed E-state index contributed by atoms with van der Waals surface area (Å²) in [5.41, 5.74) is 0.338. The fourth-order valence-corrected chi connectivity index (χ4v) is 2.25. The summed E-state index contributed by atoms with van der Waals surface area (Å²) in [7, 11) is 1.69. The van der Waals surface area contributed by atoms with Crippen molar-refractivity contribution in [2.75, 3.05) is 13.7 Å². The number of hydrogen-bond acceptors (Lipinski definition) is 5. The molecule has 6 heteroatoms. The first-order chi connectivity index (χ1) is 8.78. The summed E-state index contributed by atoms with van der Waals surface area (Å²) in [6.07, 6.45) is 2.61. The molecule has 0 aliphatic carbocycles. The van der Waals surface area contributed by atoms with Gasteiger partial charge in [0.05, 0.1) is 17.5 Å². The van der Waals surface area contributed by atoms with Crippen molar-refractivity contribution >= 4 is 11.0 Å². The van der Waals surface area contributed by atoms with Crippen LogP contribution in [-0.4, -0.2) is 34.7 Å². The van der Waals surface area contributed by atoms with E-state index in [4.69, 9.17) is 4.74 Å². The Bertz CT molecular complexity index is 625. The minimum atomic E-state index is -0.147. The summed E-state index contributed by atoms with van der Waals surface area (Å²) < 4.78 is 5.28. The highest BCUT2D eigenvalue weighted by molar-refractivity contribution is 5.72. The Labute approximate surface area is 103 Å². The van der Waals surface area contributed by atoms with Gasteiger partial charge in [0.1, 0.15) is 5.82 Å². The number of H-pyrrole nitrogens is 1. The number of nitrogens with zero attached hydrogens (tertiary/aromatic N) is 2. The van der Waals surface area contributed by atoms with Crippen molar-refractivity contribution < 1.29 is 4.74 Å². The summed E-state index contributed by atoms with van der Waals surface area (Å²) in [5, 5.41) is 3.80. The van der Waals surface area contributed by atoms with Gasteiger partial charge < -0.3 is 15.0 Å². The molecule has 2 aromatic rings. The second kappa shape index (κ2) is 4.47. The van der Waals surface area contributed by atoms with Crippen molar-refractivity contribution in [3.05, 3.63) is 34.5 Å². The zero-order valence-corrected chi connectivity index (χ0v) is 10.0. The molecule has 3 heterocycles. The number of fused-ring (bicyclic) bond motifs is 1. The van der Waals surface area contributed by atoms with Crippen LogP contribution in [0.3, 0.4) is 0 Å². The maximum absolute atomic E-state index is 11.9. The summed E-state index contributed by atoms with van der Waals surface area (Å²) in [6.45, 7) is 0.769. The standard InChI is InChI=1S/C12H14N4O2/c1-18-7-5-9(14-6-7)11-15-10-8(12(17)16-11)3-2-4-13-10/h2-4,7,9,14H,5-6H2,1H3,(H,13,15,16,17)/t7-,9+/m1/s1. The highest BCUT2D eigenvalue weighted by Crippen LogP contribution is 2.21. The van der Waals surface area contributed by atoms with Crippen LogP contribution in [0, 0.1) is 0 Å². The van der Waals surface area contributed by atoms with E-state index in [-0.39, 0.29) is 17.7 Å². The monoisotopic (exact) mass is 246 g/mol. The van der Waals surface area contributed by atoms with Crippen molar-refractivity contribution in [3.8, 4) is 0 Å². The molecule has 0 aromatic carbocycles. The van der Waals surface area contributed by atoms with E-state index in [1.54, 1.807) is 25.4 Å². The summed E-state index contributed by atoms with van der Waals surface area (Å²) in [6, 6.07) is 3.47. The van der Waals surface area contributed by atoms with Crippen LogP contribution in [0.1, 0.15) is 18.3 Å². The number of aromatic nitrogens is 3. The molecule has 1 fully saturated rings. The number of pyridine rings is 1. The lowest BCUT2D eigenvalue weighted by atomic mass is 10.2. The first-order valence-corrected chi connectivity index (χ1v) is 5.89. The Morgan fingerprint density at radius 1 is 1.50 bits per heavy atom. The molecule has 0 unspecified atom stereocenters. The van der Waals surface area contributed by atoms with E-state index in [1.165, 1.54) is 0 Å². The maximum Gasteiger partial charge on any atom is 0.260 e. The van der Waals surface area contributed by atoms with Crippen molar-refractivity contribution in [2.24, 2.45) is 0 Å². The van der Waals surface area contributed by atoms with Gasteiger partial charge in [0, 0.05) is 19.9 Å². The average Bonchev–Trinajstić information content (AvgIpc) is 2.87. The molecule has 94 valence electrons. The first-order valence-electron chi connectivity index (χ1n) is 5.89. The highest BCUT2D eigenvalue weighted by atomic mass is 16.5. The van der Waals surface area contributed by atoms with Gasteiger partial charge in [-0.2, -0.15) is 0 Å². The van der Waals surface area contributed by atoms with Crippen LogP contribution in [0.4, 0.5) is 0 Å². The van der Waals surface area contributed by atoms with Gasteiger partial charge >= 0.3 is 0 Å². The van der Waals surface area contributed by atoms with Gasteiger partial charge in [-0.15, -0.1) is 0 Å². The van der Waals surface area contributed by atoms with Crippen molar-refractivity contribution in [1.29, 1.82) is 0 Å². The molecule has 0 radical (unpaired) electrons. The molecular weight excluding hydrogens is 232 g/mol. The molecule has 0 amide bonds. The second-order valence-electron chi connectivity index (χ2n) is 4.38. The van der Waals surface area contributed by atoms with Gasteiger partial charge in [-0.3, -0.25) is 4.79 Å². The molecule has 3 rings (SSSR count). The minimum absolute atomic E-state index is 0.0223. The highest BCUT2D eigenvalue weighted by Gasteiger charge is 2.27. The van der Waals surface area contributed by atoms with Crippen LogP contribution >= 0.6 is 0 Å². The van der Waals surface area contributed by atoms with Crippen molar-refractivity contribution in [2.45, 2.75) is 18.6 Å². The van der Waals surface area contributed by atoms with E-state index >= 15 is 0 Å². The molecule has 0 saturated carbocycles. The fraction of sp³-hybridized carbons (Fsp3) is 0.417. The number of hydrogen-bond donors (Lipinski definition) is 2. The molecular formula is C12H14N4O2. The van der Waals surface area contributed by atoms with E-state index in [0.29, 0.717) is 16.9 Å². The normalized spacial score (nSPS) is 23.6. The molecule has 0 bridgehead atoms. The van der Waals surface area contributed by atoms with E-state index < -0.39 is 0 Å². The van der Waals surface area contributed by atoms with Gasteiger partial charge in [-0.1, -0.05) is 0 Å². The summed E-state index contributed by atoms with van der Waals surface area (Å²) in [5.74, 6) is 0.630. The summed E-state index contributed by atoms with van der Waals surface area (Å²) in [4.78, 5) is 23.3. The Hall–Kier alpha value is -1.79. The third-order valence-corrected chi connectivity index (χ3v) is 3.25. The van der Waals surface area contributed by atoms with E-state index in [1.807, 2.05) is 0 Å². The first kappa shape index (κ1) is 11.3. The van der Waals surface area contributed by atoms with Crippen LogP contribution in [-0.2, 0) is 4.74 Å². The van der Waals surface area contributed by atoms with Gasteiger partial charge in [-0.05, 0) is 18.6 Å². The van der Waals surface area contributed by atoms with E-state index in [2.05, 4.69) is 20.3 Å². The maximum atomic E-state index is 11.9. The summed E-state index contributed by atoms with van der Waals surface area (Å²) >= 11 is 0. The lowest BCUT2D eigenvalue weighted by Crippen LogP contribution is -2.21. The third kappa shape index (κ3) is 1.89. The lowest BCUT2D eigenvalue weighted by Gasteiger charge is -2.09. The lowest BCUT2D eigenvalue weighted by molar-refractivity contribution is 0.117. The molecule has 2 aromatic heterocycles. The molecule has 0 spiro atoms. The second-order valence-corrected chi connectivity index (χ2v) is 4.38. The Balaban J connectivity index is 2.01. The Kier molecular flexibility index (Phi) is 2.81. The van der Waals surface area contributed by atoms with Gasteiger partial charge in [0.15, 0.2) is 5.65 Å². The topological polar surface area (TPSA) is 79.9 Å². The molecule has 2 atom stereocenters. The van der Waals surface area contributed by atoms with Crippen LogP contribution in [0.15, 0.2) is 23.1 Å². The number of aromatic amines is 1. The predicted molar refractivity (Wildman–Crippen MR) is 66.3 cm³/mol. The zero-order chi connectivity index (χ0) is 12.5. The minimum Gasteiger partial charge on any atom is -0.380 e. The van der Waals surface area contributed by atoms with Gasteiger partial charge in [0.2, 0.25) is 0 Å². The smallest absolute Gasteiger partial charge is 0.260 e. The molecule has 1 aliphatic heterocycles. The Morgan fingerprint density at radius 3 is 3.17 bits per heavy atom. The van der Waals surface area contributed by atoms with Gasteiger partial charge in [-0.25, -0.2) is 9.97 Å².